The second-order valence-corrected chi connectivity index (χ2v) is 8.04. The summed E-state index contributed by atoms with van der Waals surface area (Å²) in [5, 5.41) is 25.5. The third kappa shape index (κ3) is 4.65. The highest BCUT2D eigenvalue weighted by Crippen LogP contribution is 2.23. The molecule has 0 bridgehead atoms. The van der Waals surface area contributed by atoms with E-state index >= 15 is 0 Å². The quantitative estimate of drug-likeness (QED) is 0.232. The molecule has 0 atom stereocenters. The molecule has 4 nitrogen and oxygen atoms in total. The molecule has 0 saturated heterocycles. The van der Waals surface area contributed by atoms with Crippen LogP contribution in [0.4, 0.5) is 5.69 Å². The molecular formula is C22H23N2O2S2+. The molecule has 0 unspecified atom stereocenters. The number of aliphatic hydroxyl groups excluding tert-OH is 2. The lowest BCUT2D eigenvalue weighted by Gasteiger charge is -2.11. The summed E-state index contributed by atoms with van der Waals surface area (Å²) in [5.74, 6) is 0.544. The van der Waals surface area contributed by atoms with E-state index in [1.165, 1.54) is 16.9 Å². The Kier molecular flexibility index (Phi) is 6.57. The Labute approximate surface area is 174 Å². The number of nitrogens with zero attached hydrogens (tertiary/aromatic N) is 1. The summed E-state index contributed by atoms with van der Waals surface area (Å²) in [7, 11) is 0. The SMILES string of the molecule is CC(C)c1ccc(NC(=S)/C(=C(/O)c2cccs2)[n+]2cccc(CO)c2)cc1. The molecule has 3 N–H and O–H groups in total. The van der Waals surface area contributed by atoms with E-state index < -0.39 is 0 Å². The maximum Gasteiger partial charge on any atom is 0.289 e. The summed E-state index contributed by atoms with van der Waals surface area (Å²) in [4.78, 5) is 1.11. The van der Waals surface area contributed by atoms with Gasteiger partial charge in [0.15, 0.2) is 17.4 Å². The van der Waals surface area contributed by atoms with E-state index in [0.717, 1.165) is 16.1 Å². The minimum Gasteiger partial charge on any atom is -0.501 e. The first-order valence-electron chi connectivity index (χ1n) is 8.99. The zero-order valence-corrected chi connectivity index (χ0v) is 17.4. The van der Waals surface area contributed by atoms with E-state index in [-0.39, 0.29) is 12.4 Å². The van der Waals surface area contributed by atoms with Crippen molar-refractivity contribution in [3.8, 4) is 0 Å². The van der Waals surface area contributed by atoms with Gasteiger partial charge in [0.05, 0.1) is 11.5 Å². The van der Waals surface area contributed by atoms with E-state index in [9.17, 15) is 10.2 Å². The summed E-state index contributed by atoms with van der Waals surface area (Å²) in [5.41, 5.74) is 3.28. The molecule has 3 aromatic rings. The van der Waals surface area contributed by atoms with Crippen molar-refractivity contribution >= 4 is 45.7 Å². The standard InChI is InChI=1S/C22H22N2O2S2/c1-15(2)17-7-9-18(10-8-17)23-22(27)20(21(26)19-6-4-12-28-19)24-11-3-5-16(13-24)14-25/h3-13,15,25H,14H2,1-2H3,(H-,23,26,27)/p+1. The second-order valence-electron chi connectivity index (χ2n) is 6.68. The Morgan fingerprint density at radius 3 is 2.50 bits per heavy atom. The van der Waals surface area contributed by atoms with Crippen LogP contribution in [-0.4, -0.2) is 15.2 Å². The number of benzene rings is 1. The number of thiocarbonyl (C=S) groups is 1. The molecule has 0 spiro atoms. The highest BCUT2D eigenvalue weighted by Gasteiger charge is 2.24. The number of anilines is 1. The number of hydrogen-bond donors (Lipinski definition) is 3. The molecule has 3 rings (SSSR count). The number of aromatic nitrogens is 1. The summed E-state index contributed by atoms with van der Waals surface area (Å²) in [6.45, 7) is 4.21. The van der Waals surface area contributed by atoms with Gasteiger partial charge in [0.25, 0.3) is 5.70 Å². The van der Waals surface area contributed by atoms with Crippen molar-refractivity contribution in [2.24, 2.45) is 0 Å². The van der Waals surface area contributed by atoms with E-state index in [1.807, 2.05) is 41.8 Å². The van der Waals surface area contributed by atoms with Crippen LogP contribution in [0.25, 0.3) is 11.5 Å². The zero-order chi connectivity index (χ0) is 20.1. The van der Waals surface area contributed by atoms with Gasteiger partial charge in [0.1, 0.15) is 0 Å². The van der Waals surface area contributed by atoms with E-state index in [2.05, 4.69) is 31.3 Å². The van der Waals surface area contributed by atoms with Gasteiger partial charge in [-0.05, 0) is 41.1 Å². The van der Waals surface area contributed by atoms with Gasteiger partial charge in [-0.25, -0.2) is 0 Å². The predicted octanol–water partition coefficient (Wildman–Crippen LogP) is 4.97. The number of pyridine rings is 1. The molecule has 6 heteroatoms. The van der Waals surface area contributed by atoms with Crippen molar-refractivity contribution in [1.82, 2.24) is 0 Å². The molecule has 0 aliphatic carbocycles. The maximum absolute atomic E-state index is 10.9. The molecule has 0 aliphatic rings. The highest BCUT2D eigenvalue weighted by atomic mass is 32.1. The van der Waals surface area contributed by atoms with Gasteiger partial charge in [-0.2, -0.15) is 4.57 Å². The fraction of sp³-hybridized carbons (Fsp3) is 0.182. The molecule has 2 aromatic heterocycles. The lowest BCUT2D eigenvalue weighted by molar-refractivity contribution is -0.576. The van der Waals surface area contributed by atoms with Crippen LogP contribution in [0.3, 0.4) is 0 Å². The Bertz CT molecular complexity index is 978. The molecule has 0 aliphatic heterocycles. The van der Waals surface area contributed by atoms with Crippen LogP contribution in [0.1, 0.15) is 35.8 Å². The van der Waals surface area contributed by atoms with Crippen LogP contribution in [0.5, 0.6) is 0 Å². The average molecular weight is 412 g/mol. The van der Waals surface area contributed by atoms with Crippen LogP contribution in [0.15, 0.2) is 66.3 Å². The number of thiophene rings is 1. The normalized spacial score (nSPS) is 12.0. The predicted molar refractivity (Wildman–Crippen MR) is 119 cm³/mol. The first kappa shape index (κ1) is 20.2. The Balaban J connectivity index is 1.99. The van der Waals surface area contributed by atoms with Crippen LogP contribution < -0.4 is 9.88 Å². The molecule has 1 aromatic carbocycles. The lowest BCUT2D eigenvalue weighted by atomic mass is 10.0. The van der Waals surface area contributed by atoms with E-state index in [0.29, 0.717) is 16.6 Å². The number of rotatable bonds is 6. The van der Waals surface area contributed by atoms with Crippen molar-refractivity contribution in [2.45, 2.75) is 26.4 Å². The topological polar surface area (TPSA) is 56.4 Å². The van der Waals surface area contributed by atoms with Crippen molar-refractivity contribution in [2.75, 3.05) is 5.32 Å². The number of aliphatic hydroxyl groups is 2. The monoisotopic (exact) mass is 411 g/mol. The maximum atomic E-state index is 10.9. The van der Waals surface area contributed by atoms with Crippen LogP contribution in [0.2, 0.25) is 0 Å². The fourth-order valence-electron chi connectivity index (χ4n) is 2.78. The molecule has 0 radical (unpaired) electrons. The van der Waals surface area contributed by atoms with Gasteiger partial charge in [0, 0.05) is 17.3 Å². The van der Waals surface area contributed by atoms with Crippen molar-refractivity contribution < 1.29 is 14.8 Å². The number of hydrogen-bond acceptors (Lipinski definition) is 4. The van der Waals surface area contributed by atoms with Gasteiger partial charge in [0.2, 0.25) is 5.76 Å². The largest absolute Gasteiger partial charge is 0.501 e. The third-order valence-corrected chi connectivity index (χ3v) is 5.50. The minimum absolute atomic E-state index is 0.0893. The third-order valence-electron chi connectivity index (χ3n) is 4.33. The fourth-order valence-corrected chi connectivity index (χ4v) is 3.76. The molecule has 144 valence electrons. The summed E-state index contributed by atoms with van der Waals surface area (Å²) in [6.07, 6.45) is 3.56. The molecule has 0 fully saturated rings. The minimum atomic E-state index is -0.0925. The van der Waals surface area contributed by atoms with E-state index in [1.54, 1.807) is 17.0 Å². The first-order chi connectivity index (χ1) is 13.5. The van der Waals surface area contributed by atoms with Gasteiger partial charge < -0.3 is 15.5 Å². The Hall–Kier alpha value is -2.54. The second kappa shape index (κ2) is 9.10. The van der Waals surface area contributed by atoms with Gasteiger partial charge in [-0.1, -0.05) is 44.3 Å². The van der Waals surface area contributed by atoms with Crippen LogP contribution >= 0.6 is 23.6 Å². The van der Waals surface area contributed by atoms with Crippen LogP contribution in [0, 0.1) is 0 Å². The average Bonchev–Trinajstić information content (AvgIpc) is 3.23. The zero-order valence-electron chi connectivity index (χ0n) is 15.8. The van der Waals surface area contributed by atoms with E-state index in [4.69, 9.17) is 12.2 Å². The van der Waals surface area contributed by atoms with Gasteiger partial charge in [-0.15, -0.1) is 11.3 Å². The molecule has 0 amide bonds. The summed E-state index contributed by atoms with van der Waals surface area (Å²) >= 11 is 7.08. The highest BCUT2D eigenvalue weighted by molar-refractivity contribution is 7.81. The smallest absolute Gasteiger partial charge is 0.289 e. The lowest BCUT2D eigenvalue weighted by Crippen LogP contribution is -2.38. The molecular weight excluding hydrogens is 388 g/mol. The molecule has 28 heavy (non-hydrogen) atoms. The van der Waals surface area contributed by atoms with Crippen molar-refractivity contribution in [1.29, 1.82) is 0 Å². The summed E-state index contributed by atoms with van der Waals surface area (Å²) < 4.78 is 1.73. The number of nitrogens with one attached hydrogen (secondary N) is 1. The van der Waals surface area contributed by atoms with Crippen molar-refractivity contribution in [3.05, 3.63) is 82.3 Å². The van der Waals surface area contributed by atoms with Crippen molar-refractivity contribution in [3.63, 3.8) is 0 Å². The van der Waals surface area contributed by atoms with Gasteiger partial charge >= 0.3 is 0 Å². The molecule has 2 heterocycles. The Morgan fingerprint density at radius 2 is 1.89 bits per heavy atom. The van der Waals surface area contributed by atoms with Crippen LogP contribution in [-0.2, 0) is 6.61 Å². The van der Waals surface area contributed by atoms with Gasteiger partial charge in [-0.3, -0.25) is 0 Å². The molecule has 0 saturated carbocycles. The Morgan fingerprint density at radius 1 is 1.14 bits per heavy atom. The first-order valence-corrected chi connectivity index (χ1v) is 10.3. The summed E-state index contributed by atoms with van der Waals surface area (Å²) in [6, 6.07) is 15.5.